The molecule has 0 aliphatic heterocycles. The summed E-state index contributed by atoms with van der Waals surface area (Å²) in [5.74, 6) is 0.612. The van der Waals surface area contributed by atoms with Crippen LogP contribution in [0.15, 0.2) is 36.5 Å². The van der Waals surface area contributed by atoms with Crippen LogP contribution in [0.3, 0.4) is 0 Å². The molecular formula is C13H11N5S. The van der Waals surface area contributed by atoms with E-state index in [1.807, 2.05) is 37.3 Å². The van der Waals surface area contributed by atoms with Gasteiger partial charge in [0.05, 0.1) is 11.1 Å². The van der Waals surface area contributed by atoms with E-state index < -0.39 is 0 Å². The molecule has 3 rings (SSSR count). The summed E-state index contributed by atoms with van der Waals surface area (Å²) in [5, 5.41) is 8.25. The van der Waals surface area contributed by atoms with Crippen molar-refractivity contribution in [1.29, 1.82) is 0 Å². The number of hydrogen-bond donors (Lipinski definition) is 1. The maximum atomic E-state index is 5.80. The van der Waals surface area contributed by atoms with Crippen molar-refractivity contribution in [3.8, 4) is 5.82 Å². The zero-order valence-corrected chi connectivity index (χ0v) is 11.1. The lowest BCUT2D eigenvalue weighted by Crippen LogP contribution is -2.17. The number of nitrogens with zero attached hydrogens (tertiary/aromatic N) is 4. The largest absolute Gasteiger partial charge is 0.389 e. The molecule has 0 aliphatic rings. The third-order valence-electron chi connectivity index (χ3n) is 2.94. The van der Waals surface area contributed by atoms with Gasteiger partial charge >= 0.3 is 0 Å². The van der Waals surface area contributed by atoms with Crippen molar-refractivity contribution < 1.29 is 0 Å². The van der Waals surface area contributed by atoms with Crippen LogP contribution in [0.4, 0.5) is 0 Å². The molecule has 0 aliphatic carbocycles. The van der Waals surface area contributed by atoms with E-state index >= 15 is 0 Å². The second-order valence-corrected chi connectivity index (χ2v) is 4.62. The Bertz CT molecular complexity index is 778. The van der Waals surface area contributed by atoms with E-state index in [2.05, 4.69) is 15.3 Å². The molecule has 0 saturated carbocycles. The maximum Gasteiger partial charge on any atom is 0.166 e. The maximum absolute atomic E-state index is 5.80. The van der Waals surface area contributed by atoms with E-state index in [9.17, 15) is 0 Å². The Morgan fingerprint density at radius 3 is 2.84 bits per heavy atom. The third kappa shape index (κ3) is 1.86. The van der Waals surface area contributed by atoms with Crippen molar-refractivity contribution in [3.63, 3.8) is 0 Å². The highest BCUT2D eigenvalue weighted by Gasteiger charge is 2.15. The summed E-state index contributed by atoms with van der Waals surface area (Å²) < 4.78 is 1.66. The number of thiocarbonyl (C=S) groups is 1. The lowest BCUT2D eigenvalue weighted by Gasteiger charge is -2.09. The van der Waals surface area contributed by atoms with Gasteiger partial charge in [-0.2, -0.15) is 4.68 Å². The van der Waals surface area contributed by atoms with Crippen LogP contribution in [-0.2, 0) is 0 Å². The molecule has 0 saturated heterocycles. The standard InChI is InChI=1S/C13H11N5S/c1-8-6-7-15-13(11(8)12(14)19)18-10-5-3-2-4-9(10)16-17-18/h2-7H,1H3,(H2,14,19). The Morgan fingerprint density at radius 2 is 2.05 bits per heavy atom. The van der Waals surface area contributed by atoms with Gasteiger partial charge in [0.1, 0.15) is 10.5 Å². The summed E-state index contributed by atoms with van der Waals surface area (Å²) in [6.45, 7) is 1.94. The van der Waals surface area contributed by atoms with E-state index in [0.29, 0.717) is 10.8 Å². The van der Waals surface area contributed by atoms with Gasteiger partial charge in [-0.15, -0.1) is 5.10 Å². The number of nitrogens with two attached hydrogens (primary N) is 1. The summed E-state index contributed by atoms with van der Waals surface area (Å²) >= 11 is 5.11. The molecular weight excluding hydrogens is 258 g/mol. The minimum Gasteiger partial charge on any atom is -0.389 e. The molecule has 0 radical (unpaired) electrons. The van der Waals surface area contributed by atoms with Crippen LogP contribution in [-0.4, -0.2) is 25.0 Å². The van der Waals surface area contributed by atoms with E-state index in [4.69, 9.17) is 18.0 Å². The monoisotopic (exact) mass is 269 g/mol. The Labute approximate surface area is 115 Å². The van der Waals surface area contributed by atoms with Gasteiger partial charge in [-0.1, -0.05) is 29.6 Å². The number of hydrogen-bond acceptors (Lipinski definition) is 4. The first-order chi connectivity index (χ1) is 9.18. The number of benzene rings is 1. The topological polar surface area (TPSA) is 69.6 Å². The molecule has 94 valence electrons. The summed E-state index contributed by atoms with van der Waals surface area (Å²) in [7, 11) is 0. The van der Waals surface area contributed by atoms with Crippen molar-refractivity contribution >= 4 is 28.2 Å². The molecule has 0 unspecified atom stereocenters. The lowest BCUT2D eigenvalue weighted by molar-refractivity contribution is 0.798. The van der Waals surface area contributed by atoms with Gasteiger partial charge in [-0.3, -0.25) is 0 Å². The van der Waals surface area contributed by atoms with Gasteiger partial charge in [0, 0.05) is 6.20 Å². The fraction of sp³-hybridized carbons (Fsp3) is 0.0769. The normalized spacial score (nSPS) is 10.8. The molecule has 0 bridgehead atoms. The van der Waals surface area contributed by atoms with Crippen LogP contribution in [0, 0.1) is 6.92 Å². The molecule has 0 spiro atoms. The molecule has 0 fully saturated rings. The van der Waals surface area contributed by atoms with Gasteiger partial charge in [0.15, 0.2) is 5.82 Å². The molecule has 2 heterocycles. The van der Waals surface area contributed by atoms with Crippen LogP contribution >= 0.6 is 12.2 Å². The molecule has 6 heteroatoms. The molecule has 1 aromatic carbocycles. The molecule has 19 heavy (non-hydrogen) atoms. The van der Waals surface area contributed by atoms with E-state index in [-0.39, 0.29) is 0 Å². The zero-order valence-electron chi connectivity index (χ0n) is 10.2. The first-order valence-corrected chi connectivity index (χ1v) is 6.15. The van der Waals surface area contributed by atoms with E-state index in [1.165, 1.54) is 0 Å². The zero-order chi connectivity index (χ0) is 13.4. The quantitative estimate of drug-likeness (QED) is 0.718. The third-order valence-corrected chi connectivity index (χ3v) is 3.14. The van der Waals surface area contributed by atoms with Gasteiger partial charge < -0.3 is 5.73 Å². The summed E-state index contributed by atoms with van der Waals surface area (Å²) in [6.07, 6.45) is 1.71. The molecule has 3 aromatic rings. The lowest BCUT2D eigenvalue weighted by atomic mass is 10.1. The van der Waals surface area contributed by atoms with Gasteiger partial charge in [0.2, 0.25) is 0 Å². The smallest absolute Gasteiger partial charge is 0.166 e. The Balaban J connectivity index is 2.33. The molecule has 0 amide bonds. The number of fused-ring (bicyclic) bond motifs is 1. The predicted octanol–water partition coefficient (Wildman–Crippen LogP) is 1.76. The van der Waals surface area contributed by atoms with Crippen LogP contribution in [0.5, 0.6) is 0 Å². The van der Waals surface area contributed by atoms with Crippen LogP contribution in [0.2, 0.25) is 0 Å². The average molecular weight is 269 g/mol. The van der Waals surface area contributed by atoms with Gasteiger partial charge in [-0.25, -0.2) is 4.98 Å². The predicted molar refractivity (Wildman–Crippen MR) is 77.3 cm³/mol. The van der Waals surface area contributed by atoms with Crippen LogP contribution in [0.25, 0.3) is 16.9 Å². The minimum absolute atomic E-state index is 0.306. The average Bonchev–Trinajstić information content (AvgIpc) is 2.81. The number of aryl methyl sites for hydroxylation is 1. The fourth-order valence-corrected chi connectivity index (χ4v) is 2.29. The first-order valence-electron chi connectivity index (χ1n) is 5.74. The van der Waals surface area contributed by atoms with E-state index in [0.717, 1.165) is 22.2 Å². The second kappa shape index (κ2) is 4.40. The van der Waals surface area contributed by atoms with Crippen molar-refractivity contribution in [2.75, 3.05) is 0 Å². The second-order valence-electron chi connectivity index (χ2n) is 4.18. The van der Waals surface area contributed by atoms with Gasteiger partial charge in [-0.05, 0) is 30.7 Å². The fourth-order valence-electron chi connectivity index (χ4n) is 2.03. The first kappa shape index (κ1) is 11.7. The summed E-state index contributed by atoms with van der Waals surface area (Å²) in [5.41, 5.74) is 9.17. The number of pyridine rings is 1. The Hall–Kier alpha value is -2.34. The highest BCUT2D eigenvalue weighted by Crippen LogP contribution is 2.19. The van der Waals surface area contributed by atoms with E-state index in [1.54, 1.807) is 10.9 Å². The minimum atomic E-state index is 0.306. The molecule has 2 N–H and O–H groups in total. The van der Waals surface area contributed by atoms with Crippen molar-refractivity contribution in [1.82, 2.24) is 20.0 Å². The Morgan fingerprint density at radius 1 is 1.26 bits per heavy atom. The number of para-hydroxylation sites is 1. The van der Waals surface area contributed by atoms with Crippen LogP contribution in [0.1, 0.15) is 11.1 Å². The summed E-state index contributed by atoms with van der Waals surface area (Å²) in [6, 6.07) is 9.55. The number of rotatable bonds is 2. The Kier molecular flexibility index (Phi) is 2.72. The summed E-state index contributed by atoms with van der Waals surface area (Å²) in [4.78, 5) is 4.65. The van der Waals surface area contributed by atoms with Crippen molar-refractivity contribution in [3.05, 3.63) is 47.7 Å². The highest BCUT2D eigenvalue weighted by atomic mass is 32.1. The highest BCUT2D eigenvalue weighted by molar-refractivity contribution is 7.80. The number of aromatic nitrogens is 4. The van der Waals surface area contributed by atoms with Crippen molar-refractivity contribution in [2.45, 2.75) is 6.92 Å². The molecule has 2 aromatic heterocycles. The SMILES string of the molecule is Cc1ccnc(-n2nnc3ccccc32)c1C(N)=S. The van der Waals surface area contributed by atoms with Crippen molar-refractivity contribution in [2.24, 2.45) is 5.73 Å². The molecule has 0 atom stereocenters. The molecule has 5 nitrogen and oxygen atoms in total. The van der Waals surface area contributed by atoms with Crippen LogP contribution < -0.4 is 5.73 Å². The van der Waals surface area contributed by atoms with Gasteiger partial charge in [0.25, 0.3) is 0 Å².